The molecule has 2 rings (SSSR count). The maximum atomic E-state index is 10.4. The number of hydrogen-bond acceptors (Lipinski definition) is 3. The third-order valence-corrected chi connectivity index (χ3v) is 3.27. The topological polar surface area (TPSA) is 46.0 Å². The summed E-state index contributed by atoms with van der Waals surface area (Å²) in [4.78, 5) is 7.91. The van der Waals surface area contributed by atoms with Crippen LogP contribution < -0.4 is 0 Å². The first kappa shape index (κ1) is 9.59. The van der Waals surface area contributed by atoms with E-state index in [2.05, 4.69) is 16.9 Å². The van der Waals surface area contributed by atoms with Crippen LogP contribution in [-0.4, -0.2) is 15.1 Å². The molecule has 1 aromatic rings. The zero-order chi connectivity index (χ0) is 10.0. The van der Waals surface area contributed by atoms with E-state index in [9.17, 15) is 5.11 Å². The summed E-state index contributed by atoms with van der Waals surface area (Å²) in [5, 5.41) is 10.4. The molecule has 2 unspecified atom stereocenters. The van der Waals surface area contributed by atoms with Gasteiger partial charge in [-0.3, -0.25) is 0 Å². The van der Waals surface area contributed by atoms with Gasteiger partial charge in [0.2, 0.25) is 0 Å². The first-order valence-corrected chi connectivity index (χ1v) is 5.22. The van der Waals surface area contributed by atoms with Crippen LogP contribution in [0.5, 0.6) is 0 Å². The normalized spacial score (nSPS) is 32.0. The van der Waals surface area contributed by atoms with E-state index in [1.165, 1.54) is 6.33 Å². The Balaban J connectivity index is 2.19. The van der Waals surface area contributed by atoms with Crippen molar-refractivity contribution >= 4 is 0 Å². The Morgan fingerprint density at radius 3 is 2.79 bits per heavy atom. The molecule has 76 valence electrons. The van der Waals surface area contributed by atoms with Gasteiger partial charge in [-0.2, -0.15) is 0 Å². The van der Waals surface area contributed by atoms with Gasteiger partial charge in [-0.1, -0.05) is 13.3 Å². The Labute approximate surface area is 84.2 Å². The third-order valence-electron chi connectivity index (χ3n) is 3.27. The average Bonchev–Trinajstić information content (AvgIpc) is 2.63. The quantitative estimate of drug-likeness (QED) is 0.778. The van der Waals surface area contributed by atoms with E-state index in [1.54, 1.807) is 12.4 Å². The molecule has 3 nitrogen and oxygen atoms in total. The summed E-state index contributed by atoms with van der Waals surface area (Å²) in [6.45, 7) is 2.18. The van der Waals surface area contributed by atoms with Gasteiger partial charge in [0.1, 0.15) is 6.33 Å². The summed E-state index contributed by atoms with van der Waals surface area (Å²) in [6.07, 6.45) is 8.92. The molecule has 0 aromatic carbocycles. The van der Waals surface area contributed by atoms with Gasteiger partial charge in [0, 0.05) is 18.0 Å². The summed E-state index contributed by atoms with van der Waals surface area (Å²) in [6, 6.07) is 0. The molecular weight excluding hydrogens is 176 g/mol. The molecule has 1 saturated carbocycles. The smallest absolute Gasteiger partial charge is 0.115 e. The predicted molar refractivity (Wildman–Crippen MR) is 53.6 cm³/mol. The van der Waals surface area contributed by atoms with Crippen LogP contribution in [0.1, 0.15) is 38.2 Å². The molecule has 0 spiro atoms. The predicted octanol–water partition coefficient (Wildman–Crippen LogP) is 1.87. The van der Waals surface area contributed by atoms with Gasteiger partial charge >= 0.3 is 0 Å². The maximum Gasteiger partial charge on any atom is 0.115 e. The van der Waals surface area contributed by atoms with Crippen molar-refractivity contribution in [3.63, 3.8) is 0 Å². The van der Waals surface area contributed by atoms with Crippen LogP contribution in [0.25, 0.3) is 0 Å². The van der Waals surface area contributed by atoms with E-state index in [0.717, 1.165) is 31.2 Å². The van der Waals surface area contributed by atoms with E-state index >= 15 is 0 Å². The molecule has 1 aliphatic carbocycles. The SMILES string of the molecule is CCC1CCC(O)(c2cncnc2)C1. The van der Waals surface area contributed by atoms with Gasteiger partial charge in [0.25, 0.3) is 0 Å². The number of rotatable bonds is 2. The number of nitrogens with zero attached hydrogens (tertiary/aromatic N) is 2. The minimum Gasteiger partial charge on any atom is -0.385 e. The van der Waals surface area contributed by atoms with Crippen LogP contribution in [0.3, 0.4) is 0 Å². The first-order chi connectivity index (χ1) is 6.74. The lowest BCUT2D eigenvalue weighted by Gasteiger charge is -2.22. The maximum absolute atomic E-state index is 10.4. The molecule has 1 fully saturated rings. The minimum absolute atomic E-state index is 0.653. The Morgan fingerprint density at radius 1 is 1.50 bits per heavy atom. The second-order valence-corrected chi connectivity index (χ2v) is 4.18. The Bertz CT molecular complexity index is 301. The lowest BCUT2D eigenvalue weighted by molar-refractivity contribution is 0.0391. The highest BCUT2D eigenvalue weighted by atomic mass is 16.3. The van der Waals surface area contributed by atoms with Crippen LogP contribution in [0, 0.1) is 5.92 Å². The molecule has 3 heteroatoms. The zero-order valence-corrected chi connectivity index (χ0v) is 8.48. The second-order valence-electron chi connectivity index (χ2n) is 4.18. The highest BCUT2D eigenvalue weighted by molar-refractivity contribution is 5.16. The second kappa shape index (κ2) is 3.65. The van der Waals surface area contributed by atoms with Crippen molar-refractivity contribution in [3.05, 3.63) is 24.3 Å². The van der Waals surface area contributed by atoms with E-state index in [0.29, 0.717) is 5.92 Å². The number of aromatic nitrogens is 2. The molecule has 0 saturated heterocycles. The van der Waals surface area contributed by atoms with E-state index in [4.69, 9.17) is 0 Å². The largest absolute Gasteiger partial charge is 0.385 e. The van der Waals surface area contributed by atoms with E-state index in [-0.39, 0.29) is 0 Å². The van der Waals surface area contributed by atoms with Crippen molar-refractivity contribution in [1.29, 1.82) is 0 Å². The van der Waals surface area contributed by atoms with E-state index in [1.807, 2.05) is 0 Å². The molecule has 0 amide bonds. The Kier molecular flexibility index (Phi) is 2.50. The van der Waals surface area contributed by atoms with Crippen molar-refractivity contribution in [2.45, 2.75) is 38.2 Å². The molecule has 2 atom stereocenters. The van der Waals surface area contributed by atoms with Crippen LogP contribution >= 0.6 is 0 Å². The fourth-order valence-electron chi connectivity index (χ4n) is 2.27. The summed E-state index contributed by atoms with van der Waals surface area (Å²) in [7, 11) is 0. The minimum atomic E-state index is -0.665. The summed E-state index contributed by atoms with van der Waals surface area (Å²) in [5.41, 5.74) is 0.207. The lowest BCUT2D eigenvalue weighted by atomic mass is 9.93. The standard InChI is InChI=1S/C11H16N2O/c1-2-9-3-4-11(14,5-9)10-6-12-8-13-7-10/h6-9,14H,2-5H2,1H3. The molecule has 0 radical (unpaired) electrons. The molecule has 1 aliphatic rings. The molecule has 1 N–H and O–H groups in total. The molecule has 14 heavy (non-hydrogen) atoms. The van der Waals surface area contributed by atoms with Crippen molar-refractivity contribution < 1.29 is 5.11 Å². The van der Waals surface area contributed by atoms with Crippen LogP contribution in [0.2, 0.25) is 0 Å². The molecule has 1 aromatic heterocycles. The summed E-state index contributed by atoms with van der Waals surface area (Å²) in [5.74, 6) is 0.653. The average molecular weight is 192 g/mol. The highest BCUT2D eigenvalue weighted by Gasteiger charge is 2.38. The Morgan fingerprint density at radius 2 is 2.21 bits per heavy atom. The highest BCUT2D eigenvalue weighted by Crippen LogP contribution is 2.42. The van der Waals surface area contributed by atoms with Crippen molar-refractivity contribution in [2.24, 2.45) is 5.92 Å². The zero-order valence-electron chi connectivity index (χ0n) is 8.48. The first-order valence-electron chi connectivity index (χ1n) is 5.22. The summed E-state index contributed by atoms with van der Waals surface area (Å²) >= 11 is 0. The third kappa shape index (κ3) is 1.64. The number of hydrogen-bond donors (Lipinski definition) is 1. The van der Waals surface area contributed by atoms with Crippen LogP contribution in [0.15, 0.2) is 18.7 Å². The van der Waals surface area contributed by atoms with E-state index < -0.39 is 5.60 Å². The van der Waals surface area contributed by atoms with Gasteiger partial charge in [-0.25, -0.2) is 9.97 Å². The van der Waals surface area contributed by atoms with Crippen molar-refractivity contribution in [2.75, 3.05) is 0 Å². The van der Waals surface area contributed by atoms with Gasteiger partial charge < -0.3 is 5.11 Å². The van der Waals surface area contributed by atoms with Crippen LogP contribution in [-0.2, 0) is 5.60 Å². The number of aliphatic hydroxyl groups is 1. The van der Waals surface area contributed by atoms with Crippen LogP contribution in [0.4, 0.5) is 0 Å². The van der Waals surface area contributed by atoms with Gasteiger partial charge in [0.15, 0.2) is 0 Å². The molecule has 1 heterocycles. The fourth-order valence-corrected chi connectivity index (χ4v) is 2.27. The van der Waals surface area contributed by atoms with Crippen molar-refractivity contribution in [1.82, 2.24) is 9.97 Å². The van der Waals surface area contributed by atoms with Gasteiger partial charge in [-0.15, -0.1) is 0 Å². The molecule has 0 aliphatic heterocycles. The Hall–Kier alpha value is -0.960. The van der Waals surface area contributed by atoms with Gasteiger partial charge in [-0.05, 0) is 25.2 Å². The molecular formula is C11H16N2O. The van der Waals surface area contributed by atoms with Gasteiger partial charge in [0.05, 0.1) is 5.60 Å². The molecule has 0 bridgehead atoms. The summed E-state index contributed by atoms with van der Waals surface area (Å²) < 4.78 is 0. The monoisotopic (exact) mass is 192 g/mol. The fraction of sp³-hybridized carbons (Fsp3) is 0.636. The van der Waals surface area contributed by atoms with Crippen molar-refractivity contribution in [3.8, 4) is 0 Å². The lowest BCUT2D eigenvalue weighted by Crippen LogP contribution is -2.22.